The highest BCUT2D eigenvalue weighted by molar-refractivity contribution is 7.83. The maximum absolute atomic E-state index is 12.2. The Kier molecular flexibility index (Phi) is 5.74. The molecule has 3 N–H and O–H groups in total. The zero-order chi connectivity index (χ0) is 20.3. The molecule has 1 aliphatic rings. The SMILES string of the molecule is C[C@@H](NC1=NS(=O)N=C1Nc1cccc(C(=O)N(C)C)c1O)c1ccccc1. The van der Waals surface area contributed by atoms with Crippen molar-refractivity contribution in [3.8, 4) is 5.75 Å². The van der Waals surface area contributed by atoms with Gasteiger partial charge < -0.3 is 20.6 Å². The Morgan fingerprint density at radius 2 is 1.75 bits per heavy atom. The molecule has 1 unspecified atom stereocenters. The lowest BCUT2D eigenvalue weighted by Gasteiger charge is -2.18. The van der Waals surface area contributed by atoms with Gasteiger partial charge >= 0.3 is 0 Å². The molecule has 0 radical (unpaired) electrons. The van der Waals surface area contributed by atoms with Crippen LogP contribution in [0.5, 0.6) is 5.75 Å². The van der Waals surface area contributed by atoms with Gasteiger partial charge in [-0.3, -0.25) is 4.79 Å². The maximum Gasteiger partial charge on any atom is 0.269 e. The number of carbonyl (C=O) groups is 1. The fourth-order valence-electron chi connectivity index (χ4n) is 2.66. The molecule has 0 saturated heterocycles. The summed E-state index contributed by atoms with van der Waals surface area (Å²) in [5.74, 6) is 0.00383. The fraction of sp³-hybridized carbons (Fsp3) is 0.211. The van der Waals surface area contributed by atoms with Crippen LogP contribution < -0.4 is 10.6 Å². The molecule has 1 aliphatic heterocycles. The molecular formula is C19H21N5O3S. The van der Waals surface area contributed by atoms with Gasteiger partial charge in [-0.2, -0.15) is 0 Å². The summed E-state index contributed by atoms with van der Waals surface area (Å²) in [7, 11) is 3.21. The predicted molar refractivity (Wildman–Crippen MR) is 111 cm³/mol. The van der Waals surface area contributed by atoms with Gasteiger partial charge in [-0.15, -0.1) is 8.80 Å². The van der Waals surface area contributed by atoms with Crippen LogP contribution in [0.4, 0.5) is 5.69 Å². The molecule has 0 spiro atoms. The molecule has 9 heteroatoms. The monoisotopic (exact) mass is 399 g/mol. The lowest BCUT2D eigenvalue weighted by atomic mass is 10.1. The van der Waals surface area contributed by atoms with E-state index in [4.69, 9.17) is 0 Å². The highest BCUT2D eigenvalue weighted by Crippen LogP contribution is 2.28. The summed E-state index contributed by atoms with van der Waals surface area (Å²) in [6.07, 6.45) is 0. The number of para-hydroxylation sites is 1. The van der Waals surface area contributed by atoms with Gasteiger partial charge in [0.1, 0.15) is 0 Å². The molecule has 3 rings (SSSR count). The lowest BCUT2D eigenvalue weighted by Crippen LogP contribution is -2.35. The largest absolute Gasteiger partial charge is 0.505 e. The first-order valence-corrected chi connectivity index (χ1v) is 9.65. The first-order valence-electron chi connectivity index (χ1n) is 8.58. The predicted octanol–water partition coefficient (Wildman–Crippen LogP) is 2.25. The summed E-state index contributed by atoms with van der Waals surface area (Å²) >= 11 is -1.76. The Balaban J connectivity index is 1.81. The molecule has 1 amide bonds. The van der Waals surface area contributed by atoms with E-state index in [2.05, 4.69) is 19.4 Å². The molecule has 8 nitrogen and oxygen atoms in total. The second-order valence-electron chi connectivity index (χ2n) is 6.41. The minimum atomic E-state index is -1.76. The number of amidine groups is 2. The zero-order valence-electron chi connectivity index (χ0n) is 15.7. The molecule has 2 aromatic carbocycles. The van der Waals surface area contributed by atoms with Crippen LogP contribution >= 0.6 is 0 Å². The zero-order valence-corrected chi connectivity index (χ0v) is 16.5. The van der Waals surface area contributed by atoms with Gasteiger partial charge in [0, 0.05) is 14.1 Å². The topological polar surface area (TPSA) is 106 Å². The van der Waals surface area contributed by atoms with Crippen LogP contribution in [0.15, 0.2) is 57.3 Å². The van der Waals surface area contributed by atoms with E-state index in [1.54, 1.807) is 26.2 Å². The molecule has 0 saturated carbocycles. The van der Waals surface area contributed by atoms with Crippen LogP contribution in [0.2, 0.25) is 0 Å². The quantitative estimate of drug-likeness (QED) is 0.684. The highest BCUT2D eigenvalue weighted by atomic mass is 32.2. The minimum absolute atomic E-state index is 0.0997. The third kappa shape index (κ3) is 4.20. The van der Waals surface area contributed by atoms with Gasteiger partial charge in [-0.1, -0.05) is 36.4 Å². The number of anilines is 1. The molecule has 146 valence electrons. The highest BCUT2D eigenvalue weighted by Gasteiger charge is 2.23. The van der Waals surface area contributed by atoms with Gasteiger partial charge in [-0.25, -0.2) is 4.21 Å². The number of nitrogens with one attached hydrogen (secondary N) is 2. The van der Waals surface area contributed by atoms with E-state index in [-0.39, 0.29) is 34.8 Å². The smallest absolute Gasteiger partial charge is 0.269 e. The van der Waals surface area contributed by atoms with E-state index in [0.717, 1.165) is 5.56 Å². The van der Waals surface area contributed by atoms with E-state index < -0.39 is 11.2 Å². The normalized spacial score (nSPS) is 16.8. The molecule has 0 bridgehead atoms. The van der Waals surface area contributed by atoms with Crippen molar-refractivity contribution in [3.63, 3.8) is 0 Å². The summed E-state index contributed by atoms with van der Waals surface area (Å²) in [5, 5.41) is 16.6. The van der Waals surface area contributed by atoms with Gasteiger partial charge in [0.25, 0.3) is 17.1 Å². The number of rotatable bonds is 4. The third-order valence-corrected chi connectivity index (χ3v) is 4.82. The molecule has 28 heavy (non-hydrogen) atoms. The number of hydrogen-bond donors (Lipinski definition) is 3. The minimum Gasteiger partial charge on any atom is -0.505 e. The van der Waals surface area contributed by atoms with Crippen molar-refractivity contribution >= 4 is 34.4 Å². The van der Waals surface area contributed by atoms with Crippen molar-refractivity contribution in [1.29, 1.82) is 0 Å². The third-order valence-electron chi connectivity index (χ3n) is 4.14. The van der Waals surface area contributed by atoms with E-state index in [1.807, 2.05) is 37.3 Å². The number of benzene rings is 2. The van der Waals surface area contributed by atoms with Crippen molar-refractivity contribution in [1.82, 2.24) is 10.2 Å². The Bertz CT molecular complexity index is 973. The number of phenolic OH excluding ortho intramolecular Hbond substituents is 1. The Morgan fingerprint density at radius 1 is 1.07 bits per heavy atom. The molecule has 2 atom stereocenters. The molecule has 0 fully saturated rings. The van der Waals surface area contributed by atoms with Crippen molar-refractivity contribution in [2.75, 3.05) is 19.4 Å². The van der Waals surface area contributed by atoms with Crippen LogP contribution in [0.25, 0.3) is 0 Å². The molecule has 2 aromatic rings. The number of aromatic hydroxyl groups is 1. The molecule has 1 heterocycles. The number of phenols is 1. The number of carbonyl (C=O) groups excluding carboxylic acids is 1. The first-order chi connectivity index (χ1) is 13.4. The van der Waals surface area contributed by atoms with Crippen LogP contribution in [-0.2, 0) is 11.2 Å². The summed E-state index contributed by atoms with van der Waals surface area (Å²) in [4.78, 5) is 13.6. The van der Waals surface area contributed by atoms with Crippen molar-refractivity contribution in [3.05, 3.63) is 59.7 Å². The van der Waals surface area contributed by atoms with Crippen LogP contribution in [0.3, 0.4) is 0 Å². The molecular weight excluding hydrogens is 378 g/mol. The van der Waals surface area contributed by atoms with Crippen LogP contribution in [0, 0.1) is 0 Å². The van der Waals surface area contributed by atoms with Gasteiger partial charge in [0.05, 0.1) is 17.3 Å². The average molecular weight is 399 g/mol. The Hall–Kier alpha value is -3.20. The van der Waals surface area contributed by atoms with Crippen molar-refractivity contribution in [2.24, 2.45) is 8.80 Å². The van der Waals surface area contributed by atoms with E-state index in [1.165, 1.54) is 11.0 Å². The summed E-state index contributed by atoms with van der Waals surface area (Å²) in [6.45, 7) is 1.95. The van der Waals surface area contributed by atoms with E-state index >= 15 is 0 Å². The van der Waals surface area contributed by atoms with Gasteiger partial charge in [0.2, 0.25) is 0 Å². The maximum atomic E-state index is 12.2. The Morgan fingerprint density at radius 3 is 2.43 bits per heavy atom. The van der Waals surface area contributed by atoms with Gasteiger partial charge in [-0.05, 0) is 24.6 Å². The second kappa shape index (κ2) is 8.22. The van der Waals surface area contributed by atoms with Crippen LogP contribution in [-0.4, -0.2) is 45.9 Å². The number of amides is 1. The van der Waals surface area contributed by atoms with Crippen LogP contribution in [0.1, 0.15) is 28.9 Å². The fourth-order valence-corrected chi connectivity index (χ4v) is 3.28. The summed E-state index contributed by atoms with van der Waals surface area (Å²) < 4.78 is 19.8. The summed E-state index contributed by atoms with van der Waals surface area (Å²) in [6, 6.07) is 14.4. The van der Waals surface area contributed by atoms with Crippen molar-refractivity contribution in [2.45, 2.75) is 13.0 Å². The van der Waals surface area contributed by atoms with Crippen molar-refractivity contribution < 1.29 is 14.1 Å². The average Bonchev–Trinajstić information content (AvgIpc) is 3.02. The lowest BCUT2D eigenvalue weighted by molar-refractivity contribution is 0.0824. The first kappa shape index (κ1) is 19.6. The molecule has 0 aromatic heterocycles. The van der Waals surface area contributed by atoms with E-state index in [9.17, 15) is 14.1 Å². The van der Waals surface area contributed by atoms with Gasteiger partial charge in [0.15, 0.2) is 17.4 Å². The Labute approximate surface area is 165 Å². The molecule has 0 aliphatic carbocycles. The number of hydrogen-bond acceptors (Lipinski definition) is 5. The number of nitrogens with zero attached hydrogens (tertiary/aromatic N) is 3. The summed E-state index contributed by atoms with van der Waals surface area (Å²) in [5.41, 5.74) is 1.45. The standard InChI is InChI=1S/C19H21N5O3S/c1-12(13-8-5-4-6-9-13)20-17-18(23-28(27)22-17)21-15-11-7-10-14(16(15)25)19(26)24(2)3/h4-12,25H,1-3H3,(H,20,22)(H,21,23)/t12-,28?/m1/s1. The van der Waals surface area contributed by atoms with E-state index in [0.29, 0.717) is 5.84 Å². The second-order valence-corrected chi connectivity index (χ2v) is 7.24.